The topological polar surface area (TPSA) is 49.3 Å². The summed E-state index contributed by atoms with van der Waals surface area (Å²) < 4.78 is 0. The highest BCUT2D eigenvalue weighted by Gasteiger charge is 2.32. The molecule has 1 rings (SSSR count). The van der Waals surface area contributed by atoms with Gasteiger partial charge in [-0.1, -0.05) is 26.7 Å². The highest BCUT2D eigenvalue weighted by molar-refractivity contribution is 5.75. The molecular weight excluding hydrogens is 190 g/mol. The van der Waals surface area contributed by atoms with Gasteiger partial charge >= 0.3 is 0 Å². The van der Waals surface area contributed by atoms with Gasteiger partial charge in [-0.25, -0.2) is 0 Å². The van der Waals surface area contributed by atoms with E-state index >= 15 is 0 Å². The molecule has 0 aliphatic heterocycles. The first-order valence-electron chi connectivity index (χ1n) is 6.05. The molecular formula is C12H23NO2. The van der Waals surface area contributed by atoms with E-state index < -0.39 is 5.60 Å². The molecule has 1 fully saturated rings. The molecule has 3 heteroatoms. The largest absolute Gasteiger partial charge is 0.388 e. The number of rotatable bonds is 4. The van der Waals surface area contributed by atoms with Gasteiger partial charge < -0.3 is 10.4 Å². The molecule has 1 saturated carbocycles. The maximum atomic E-state index is 11.3. The lowest BCUT2D eigenvalue weighted by Crippen LogP contribution is -2.45. The van der Waals surface area contributed by atoms with Crippen LogP contribution in [0.1, 0.15) is 52.4 Å². The molecule has 15 heavy (non-hydrogen) atoms. The van der Waals surface area contributed by atoms with Crippen LogP contribution in [0.3, 0.4) is 0 Å². The Morgan fingerprint density at radius 2 is 2.33 bits per heavy atom. The van der Waals surface area contributed by atoms with Crippen molar-refractivity contribution < 1.29 is 9.90 Å². The van der Waals surface area contributed by atoms with Crippen LogP contribution in [0.25, 0.3) is 0 Å². The summed E-state index contributed by atoms with van der Waals surface area (Å²) in [4.78, 5) is 11.3. The number of amides is 1. The lowest BCUT2D eigenvalue weighted by molar-refractivity contribution is -0.123. The monoisotopic (exact) mass is 213 g/mol. The zero-order valence-corrected chi connectivity index (χ0v) is 9.88. The van der Waals surface area contributed by atoms with Crippen LogP contribution in [0.5, 0.6) is 0 Å². The molecule has 0 aromatic rings. The minimum absolute atomic E-state index is 0.0594. The normalized spacial score (nSPS) is 31.3. The zero-order chi connectivity index (χ0) is 11.3. The first-order chi connectivity index (χ1) is 7.06. The van der Waals surface area contributed by atoms with Crippen molar-refractivity contribution >= 4 is 5.91 Å². The van der Waals surface area contributed by atoms with Crippen LogP contribution in [0.4, 0.5) is 0 Å². The Kier molecular flexibility index (Phi) is 4.58. The molecule has 0 bridgehead atoms. The van der Waals surface area contributed by atoms with E-state index in [1.54, 1.807) is 0 Å². The van der Waals surface area contributed by atoms with Crippen LogP contribution in [0.2, 0.25) is 0 Å². The Hall–Kier alpha value is -0.570. The first-order valence-corrected chi connectivity index (χ1v) is 6.05. The number of hydrogen-bond donors (Lipinski definition) is 2. The lowest BCUT2D eigenvalue weighted by Gasteiger charge is -2.35. The number of hydrogen-bond acceptors (Lipinski definition) is 2. The molecule has 1 amide bonds. The molecule has 0 aromatic heterocycles. The second-order valence-electron chi connectivity index (χ2n) is 4.95. The smallest absolute Gasteiger partial charge is 0.220 e. The van der Waals surface area contributed by atoms with E-state index in [0.717, 1.165) is 25.7 Å². The van der Waals surface area contributed by atoms with Crippen molar-refractivity contribution in [2.45, 2.75) is 58.0 Å². The van der Waals surface area contributed by atoms with Gasteiger partial charge in [0.1, 0.15) is 0 Å². The van der Waals surface area contributed by atoms with Crippen molar-refractivity contribution in [2.24, 2.45) is 5.92 Å². The van der Waals surface area contributed by atoms with Gasteiger partial charge in [0, 0.05) is 13.0 Å². The number of aliphatic hydroxyl groups is 1. The predicted molar refractivity (Wildman–Crippen MR) is 60.5 cm³/mol. The van der Waals surface area contributed by atoms with Crippen LogP contribution in [0, 0.1) is 5.92 Å². The number of carbonyl (C=O) groups excluding carboxylic acids is 1. The summed E-state index contributed by atoms with van der Waals surface area (Å²) in [5.41, 5.74) is -0.652. The summed E-state index contributed by atoms with van der Waals surface area (Å²) in [6.45, 7) is 4.57. The minimum Gasteiger partial charge on any atom is -0.388 e. The minimum atomic E-state index is -0.652. The Morgan fingerprint density at radius 1 is 1.60 bits per heavy atom. The maximum absolute atomic E-state index is 11.3. The molecule has 0 spiro atoms. The third kappa shape index (κ3) is 4.20. The van der Waals surface area contributed by atoms with E-state index in [-0.39, 0.29) is 5.91 Å². The predicted octanol–water partition coefficient (Wildman–Crippen LogP) is 1.84. The van der Waals surface area contributed by atoms with E-state index in [9.17, 15) is 9.90 Å². The van der Waals surface area contributed by atoms with Crippen LogP contribution >= 0.6 is 0 Å². The molecule has 88 valence electrons. The van der Waals surface area contributed by atoms with Gasteiger partial charge in [-0.3, -0.25) is 4.79 Å². The van der Waals surface area contributed by atoms with E-state index in [1.807, 2.05) is 6.92 Å². The third-order valence-corrected chi connectivity index (χ3v) is 3.16. The third-order valence-electron chi connectivity index (χ3n) is 3.16. The summed E-state index contributed by atoms with van der Waals surface area (Å²) in [7, 11) is 0. The van der Waals surface area contributed by atoms with Crippen LogP contribution in [0.15, 0.2) is 0 Å². The Balaban J connectivity index is 2.32. The summed E-state index contributed by atoms with van der Waals surface area (Å²) in [5, 5.41) is 13.1. The van der Waals surface area contributed by atoms with Gasteiger partial charge in [-0.2, -0.15) is 0 Å². The first kappa shape index (κ1) is 12.5. The molecule has 0 aromatic carbocycles. The number of nitrogens with one attached hydrogen (secondary N) is 1. The maximum Gasteiger partial charge on any atom is 0.220 e. The van der Waals surface area contributed by atoms with Crippen molar-refractivity contribution in [1.82, 2.24) is 5.32 Å². The standard InChI is InChI=1S/C12H23NO2/c1-3-5-11(14)13-9-12(15)7-4-6-10(2)8-12/h10,15H,3-9H2,1-2H3,(H,13,14). The average molecular weight is 213 g/mol. The van der Waals surface area contributed by atoms with Gasteiger partial charge in [-0.05, 0) is 25.2 Å². The second-order valence-corrected chi connectivity index (χ2v) is 4.95. The highest BCUT2D eigenvalue weighted by atomic mass is 16.3. The summed E-state index contributed by atoms with van der Waals surface area (Å²) in [6.07, 6.45) is 5.34. The molecule has 0 heterocycles. The fraction of sp³-hybridized carbons (Fsp3) is 0.917. The van der Waals surface area contributed by atoms with Crippen LogP contribution in [-0.4, -0.2) is 23.2 Å². The van der Waals surface area contributed by atoms with E-state index in [1.165, 1.54) is 6.42 Å². The molecule has 2 atom stereocenters. The zero-order valence-electron chi connectivity index (χ0n) is 9.88. The Labute approximate surface area is 92.3 Å². The molecule has 1 aliphatic carbocycles. The van der Waals surface area contributed by atoms with E-state index in [4.69, 9.17) is 0 Å². The Bertz CT molecular complexity index is 218. The molecule has 0 saturated heterocycles. The molecule has 3 nitrogen and oxygen atoms in total. The summed E-state index contributed by atoms with van der Waals surface area (Å²) in [6, 6.07) is 0. The number of carbonyl (C=O) groups is 1. The van der Waals surface area contributed by atoms with E-state index in [2.05, 4.69) is 12.2 Å². The van der Waals surface area contributed by atoms with Crippen LogP contribution < -0.4 is 5.32 Å². The van der Waals surface area contributed by atoms with Gasteiger partial charge in [0.25, 0.3) is 0 Å². The van der Waals surface area contributed by atoms with Gasteiger partial charge in [0.05, 0.1) is 5.60 Å². The Morgan fingerprint density at radius 3 is 2.93 bits per heavy atom. The van der Waals surface area contributed by atoms with Crippen LogP contribution in [-0.2, 0) is 4.79 Å². The highest BCUT2D eigenvalue weighted by Crippen LogP contribution is 2.31. The lowest BCUT2D eigenvalue weighted by atomic mass is 9.79. The fourth-order valence-corrected chi connectivity index (χ4v) is 2.37. The van der Waals surface area contributed by atoms with Crippen molar-refractivity contribution in [3.8, 4) is 0 Å². The quantitative estimate of drug-likeness (QED) is 0.748. The van der Waals surface area contributed by atoms with Crippen molar-refractivity contribution in [1.29, 1.82) is 0 Å². The van der Waals surface area contributed by atoms with Gasteiger partial charge in [0.2, 0.25) is 5.91 Å². The molecule has 1 aliphatic rings. The molecule has 2 unspecified atom stereocenters. The summed E-state index contributed by atoms with van der Waals surface area (Å²) >= 11 is 0. The fourth-order valence-electron chi connectivity index (χ4n) is 2.37. The molecule has 0 radical (unpaired) electrons. The average Bonchev–Trinajstić information content (AvgIpc) is 2.15. The summed E-state index contributed by atoms with van der Waals surface area (Å²) in [5.74, 6) is 0.635. The van der Waals surface area contributed by atoms with Gasteiger partial charge in [-0.15, -0.1) is 0 Å². The van der Waals surface area contributed by atoms with E-state index in [0.29, 0.717) is 18.9 Å². The molecule has 2 N–H and O–H groups in total. The SMILES string of the molecule is CCCC(=O)NCC1(O)CCCC(C)C1. The second kappa shape index (κ2) is 5.50. The van der Waals surface area contributed by atoms with Crippen molar-refractivity contribution in [3.05, 3.63) is 0 Å². The van der Waals surface area contributed by atoms with Crippen molar-refractivity contribution in [2.75, 3.05) is 6.54 Å². The van der Waals surface area contributed by atoms with Crippen molar-refractivity contribution in [3.63, 3.8) is 0 Å². The van der Waals surface area contributed by atoms with Gasteiger partial charge in [0.15, 0.2) is 0 Å².